The number of carboxylic acids is 1. The molecule has 1 N–H and O–H groups in total. The second-order valence-corrected chi connectivity index (χ2v) is 6.55. The number of carboxylic acid groups (broad SMARTS) is 1. The van der Waals surface area contributed by atoms with E-state index in [1.807, 2.05) is 0 Å². The van der Waals surface area contributed by atoms with Crippen LogP contribution in [0.5, 0.6) is 0 Å². The lowest BCUT2D eigenvalue weighted by molar-refractivity contribution is -0.167. The van der Waals surface area contributed by atoms with E-state index in [1.54, 1.807) is 0 Å². The lowest BCUT2D eigenvalue weighted by atomic mass is 9.65. The van der Waals surface area contributed by atoms with E-state index in [9.17, 15) is 9.90 Å². The number of rotatable bonds is 2. The molecule has 0 bridgehead atoms. The van der Waals surface area contributed by atoms with E-state index >= 15 is 0 Å². The number of aliphatic carboxylic acids is 1. The van der Waals surface area contributed by atoms with Crippen molar-refractivity contribution in [3.05, 3.63) is 0 Å². The maximum atomic E-state index is 11.8. The van der Waals surface area contributed by atoms with E-state index < -0.39 is 11.4 Å². The largest absolute Gasteiger partial charge is 0.481 e. The van der Waals surface area contributed by atoms with Crippen LogP contribution in [0.4, 0.5) is 0 Å². The normalized spacial score (nSPS) is 38.4. The highest BCUT2D eigenvalue weighted by Crippen LogP contribution is 2.49. The molecule has 0 amide bonds. The average Bonchev–Trinajstić information content (AvgIpc) is 2.90. The zero-order valence-corrected chi connectivity index (χ0v) is 11.5. The summed E-state index contributed by atoms with van der Waals surface area (Å²) in [6.07, 6.45) is 8.43. The molecule has 2 saturated heterocycles. The zero-order valence-electron chi connectivity index (χ0n) is 11.5. The summed E-state index contributed by atoms with van der Waals surface area (Å²) in [5.41, 5.74) is -0.666. The quantitative estimate of drug-likeness (QED) is 0.836. The topological polar surface area (TPSA) is 55.8 Å². The molecule has 0 aromatic heterocycles. The van der Waals surface area contributed by atoms with Crippen molar-refractivity contribution < 1.29 is 19.4 Å². The first-order valence-corrected chi connectivity index (χ1v) is 7.62. The number of hydrogen-bond donors (Lipinski definition) is 1. The minimum Gasteiger partial charge on any atom is -0.481 e. The SMILES string of the molecule is O=C(O)C1(C2CCOC3(CCCCC3)C2)CCOC1. The Morgan fingerprint density at radius 2 is 1.89 bits per heavy atom. The Bertz CT molecular complexity index is 335. The van der Waals surface area contributed by atoms with E-state index in [4.69, 9.17) is 9.47 Å². The van der Waals surface area contributed by atoms with Gasteiger partial charge in [-0.1, -0.05) is 19.3 Å². The van der Waals surface area contributed by atoms with Crippen LogP contribution in [-0.4, -0.2) is 36.5 Å². The van der Waals surface area contributed by atoms with Crippen LogP contribution in [0, 0.1) is 11.3 Å². The summed E-state index contributed by atoms with van der Waals surface area (Å²) in [4.78, 5) is 11.8. The van der Waals surface area contributed by atoms with Crippen molar-refractivity contribution in [2.45, 2.75) is 57.0 Å². The fourth-order valence-electron chi connectivity index (χ4n) is 4.29. The fraction of sp³-hybridized carbons (Fsp3) is 0.933. The van der Waals surface area contributed by atoms with Gasteiger partial charge in [0, 0.05) is 13.2 Å². The molecule has 3 aliphatic rings. The Balaban J connectivity index is 1.78. The van der Waals surface area contributed by atoms with Gasteiger partial charge < -0.3 is 14.6 Å². The molecule has 2 unspecified atom stereocenters. The first kappa shape index (κ1) is 13.4. The number of ether oxygens (including phenoxy) is 2. The Kier molecular flexibility index (Phi) is 3.56. The van der Waals surface area contributed by atoms with Gasteiger partial charge in [-0.25, -0.2) is 0 Å². The third-order valence-corrected chi connectivity index (χ3v) is 5.52. The second-order valence-electron chi connectivity index (χ2n) is 6.55. The van der Waals surface area contributed by atoms with Gasteiger partial charge >= 0.3 is 5.97 Å². The van der Waals surface area contributed by atoms with Crippen molar-refractivity contribution in [2.24, 2.45) is 11.3 Å². The van der Waals surface area contributed by atoms with Crippen molar-refractivity contribution in [3.63, 3.8) is 0 Å². The third kappa shape index (κ3) is 2.29. The smallest absolute Gasteiger partial charge is 0.312 e. The summed E-state index contributed by atoms with van der Waals surface area (Å²) in [6, 6.07) is 0. The average molecular weight is 268 g/mol. The molecule has 2 heterocycles. The lowest BCUT2D eigenvalue weighted by Gasteiger charge is -2.47. The van der Waals surface area contributed by atoms with Gasteiger partial charge in [0.1, 0.15) is 0 Å². The minimum atomic E-state index is -0.664. The molecule has 3 fully saturated rings. The van der Waals surface area contributed by atoms with Crippen molar-refractivity contribution >= 4 is 5.97 Å². The summed E-state index contributed by atoms with van der Waals surface area (Å²) in [5.74, 6) is -0.442. The Morgan fingerprint density at radius 3 is 2.53 bits per heavy atom. The van der Waals surface area contributed by atoms with Crippen LogP contribution in [0.2, 0.25) is 0 Å². The van der Waals surface area contributed by atoms with Gasteiger partial charge in [-0.15, -0.1) is 0 Å². The van der Waals surface area contributed by atoms with Gasteiger partial charge in [-0.2, -0.15) is 0 Å². The van der Waals surface area contributed by atoms with Crippen molar-refractivity contribution in [2.75, 3.05) is 19.8 Å². The molecule has 1 aliphatic carbocycles. The van der Waals surface area contributed by atoms with Gasteiger partial charge in [0.2, 0.25) is 0 Å². The molecule has 0 radical (unpaired) electrons. The molecular weight excluding hydrogens is 244 g/mol. The molecule has 0 aromatic carbocycles. The predicted molar refractivity (Wildman–Crippen MR) is 70.0 cm³/mol. The van der Waals surface area contributed by atoms with Crippen molar-refractivity contribution in [1.82, 2.24) is 0 Å². The summed E-state index contributed by atoms with van der Waals surface area (Å²) >= 11 is 0. The number of hydrogen-bond acceptors (Lipinski definition) is 3. The van der Waals surface area contributed by atoms with Crippen molar-refractivity contribution in [1.29, 1.82) is 0 Å². The molecule has 2 aliphatic heterocycles. The molecular formula is C15H24O4. The first-order chi connectivity index (χ1) is 9.17. The summed E-state index contributed by atoms with van der Waals surface area (Å²) in [6.45, 7) is 1.71. The van der Waals surface area contributed by atoms with E-state index in [2.05, 4.69) is 0 Å². The van der Waals surface area contributed by atoms with E-state index in [1.165, 1.54) is 19.3 Å². The summed E-state index contributed by atoms with van der Waals surface area (Å²) in [7, 11) is 0. The van der Waals surface area contributed by atoms with Gasteiger partial charge in [0.05, 0.1) is 17.6 Å². The van der Waals surface area contributed by atoms with Gasteiger partial charge in [0.15, 0.2) is 0 Å². The van der Waals surface area contributed by atoms with Crippen LogP contribution in [0.3, 0.4) is 0 Å². The Morgan fingerprint density at radius 1 is 1.11 bits per heavy atom. The first-order valence-electron chi connectivity index (χ1n) is 7.62. The van der Waals surface area contributed by atoms with Crippen molar-refractivity contribution in [3.8, 4) is 0 Å². The van der Waals surface area contributed by atoms with Crippen LogP contribution in [0.1, 0.15) is 51.4 Å². The molecule has 19 heavy (non-hydrogen) atoms. The van der Waals surface area contributed by atoms with Crippen LogP contribution in [0.15, 0.2) is 0 Å². The molecule has 0 aromatic rings. The van der Waals surface area contributed by atoms with Crippen LogP contribution >= 0.6 is 0 Å². The molecule has 4 nitrogen and oxygen atoms in total. The minimum absolute atomic E-state index is 0.0216. The van der Waals surface area contributed by atoms with Crippen LogP contribution in [0.25, 0.3) is 0 Å². The summed E-state index contributed by atoms with van der Waals surface area (Å²) < 4.78 is 11.5. The maximum Gasteiger partial charge on any atom is 0.312 e. The molecule has 3 rings (SSSR count). The molecule has 1 spiro atoms. The highest BCUT2D eigenvalue weighted by molar-refractivity contribution is 5.75. The van der Waals surface area contributed by atoms with E-state index in [0.29, 0.717) is 19.6 Å². The predicted octanol–water partition coefficient (Wildman–Crippen LogP) is 2.61. The monoisotopic (exact) mass is 268 g/mol. The van der Waals surface area contributed by atoms with Gasteiger partial charge in [-0.05, 0) is 38.0 Å². The Labute approximate surface area is 114 Å². The molecule has 1 saturated carbocycles. The zero-order chi connectivity index (χ0) is 13.3. The maximum absolute atomic E-state index is 11.8. The van der Waals surface area contributed by atoms with Gasteiger partial charge in [0.25, 0.3) is 0 Å². The molecule has 2 atom stereocenters. The fourth-order valence-corrected chi connectivity index (χ4v) is 4.29. The van der Waals surface area contributed by atoms with E-state index in [0.717, 1.165) is 32.3 Å². The summed E-state index contributed by atoms with van der Waals surface area (Å²) in [5, 5.41) is 9.68. The number of carbonyl (C=O) groups is 1. The second kappa shape index (κ2) is 5.06. The van der Waals surface area contributed by atoms with Gasteiger partial charge in [-0.3, -0.25) is 4.79 Å². The van der Waals surface area contributed by atoms with E-state index in [-0.39, 0.29) is 11.5 Å². The molecule has 4 heteroatoms. The van der Waals surface area contributed by atoms with Crippen LogP contribution in [-0.2, 0) is 14.3 Å². The Hall–Kier alpha value is -0.610. The third-order valence-electron chi connectivity index (χ3n) is 5.52. The molecule has 108 valence electrons. The highest BCUT2D eigenvalue weighted by Gasteiger charge is 2.53. The van der Waals surface area contributed by atoms with Crippen LogP contribution < -0.4 is 0 Å². The standard InChI is InChI=1S/C15H24O4/c16-13(17)15(7-9-18-11-15)12-4-8-19-14(10-12)5-2-1-3-6-14/h12H,1-11H2,(H,16,17). The highest BCUT2D eigenvalue weighted by atomic mass is 16.5. The lowest BCUT2D eigenvalue weighted by Crippen LogP contribution is -2.49.